The molecule has 0 N–H and O–H groups in total. The molecule has 3 aromatic rings. The lowest BCUT2D eigenvalue weighted by molar-refractivity contribution is -0.384. The molecule has 156 valence electrons. The van der Waals surface area contributed by atoms with Crippen molar-refractivity contribution in [3.8, 4) is 5.75 Å². The van der Waals surface area contributed by atoms with E-state index >= 15 is 0 Å². The molecule has 1 aromatic heterocycles. The van der Waals surface area contributed by atoms with Crippen molar-refractivity contribution in [1.29, 1.82) is 0 Å². The lowest BCUT2D eigenvalue weighted by Gasteiger charge is -2.45. The van der Waals surface area contributed by atoms with Crippen LogP contribution >= 0.6 is 11.3 Å². The normalized spacial score (nSPS) is 23.9. The number of carbonyl (C=O) groups excluding carboxylic acids is 1. The van der Waals surface area contributed by atoms with Gasteiger partial charge in [0.25, 0.3) is 11.2 Å². The van der Waals surface area contributed by atoms with Crippen LogP contribution in [0, 0.1) is 16.0 Å². The Morgan fingerprint density at radius 3 is 2.65 bits per heavy atom. The molecule has 0 radical (unpaired) electrons. The number of Topliss-reactive ketones (excluding diaryl/α,β-unsaturated/α-hetero) is 1. The summed E-state index contributed by atoms with van der Waals surface area (Å²) < 4.78 is 8.17. The molecular weight excluding hydrogens is 418 g/mol. The molecule has 0 fully saturated rings. The van der Waals surface area contributed by atoms with Crippen LogP contribution in [-0.4, -0.2) is 21.0 Å². The number of rotatable bonds is 3. The predicted molar refractivity (Wildman–Crippen MR) is 114 cm³/mol. The molecule has 0 spiro atoms. The zero-order chi connectivity index (χ0) is 21.9. The van der Waals surface area contributed by atoms with Gasteiger partial charge in [-0.15, -0.1) is 0 Å². The fourth-order valence-corrected chi connectivity index (χ4v) is 5.50. The van der Waals surface area contributed by atoms with Gasteiger partial charge in [0.2, 0.25) is 5.72 Å². The highest BCUT2D eigenvalue weighted by atomic mass is 32.1. The van der Waals surface area contributed by atoms with E-state index in [1.807, 2.05) is 24.3 Å². The molecule has 31 heavy (non-hydrogen) atoms. The highest BCUT2D eigenvalue weighted by Crippen LogP contribution is 2.47. The molecule has 0 unspecified atom stereocenters. The smallest absolute Gasteiger partial charge is 0.270 e. The van der Waals surface area contributed by atoms with E-state index in [9.17, 15) is 19.7 Å². The molecule has 2 aliphatic rings. The molecule has 2 aliphatic heterocycles. The van der Waals surface area contributed by atoms with Gasteiger partial charge in [-0.25, -0.2) is 4.99 Å². The van der Waals surface area contributed by atoms with E-state index in [0.717, 1.165) is 5.56 Å². The van der Waals surface area contributed by atoms with Gasteiger partial charge < -0.3 is 4.74 Å². The average molecular weight is 435 g/mol. The maximum atomic E-state index is 13.4. The predicted octanol–water partition coefficient (Wildman–Crippen LogP) is 2.18. The van der Waals surface area contributed by atoms with Gasteiger partial charge >= 0.3 is 0 Å². The summed E-state index contributed by atoms with van der Waals surface area (Å²) in [6.45, 7) is 3.27. The molecular formula is C22H17N3O5S. The van der Waals surface area contributed by atoms with E-state index in [0.29, 0.717) is 20.6 Å². The number of nitro groups is 1. The van der Waals surface area contributed by atoms with Crippen molar-refractivity contribution in [2.24, 2.45) is 10.9 Å². The minimum absolute atomic E-state index is 0.0193. The van der Waals surface area contributed by atoms with Crippen LogP contribution < -0.4 is 19.6 Å². The van der Waals surface area contributed by atoms with Gasteiger partial charge in [0, 0.05) is 17.7 Å². The quantitative estimate of drug-likeness (QED) is 0.463. The van der Waals surface area contributed by atoms with Crippen molar-refractivity contribution in [1.82, 2.24) is 4.57 Å². The van der Waals surface area contributed by atoms with Gasteiger partial charge in [-0.3, -0.25) is 24.3 Å². The van der Waals surface area contributed by atoms with Crippen LogP contribution in [0.5, 0.6) is 5.75 Å². The van der Waals surface area contributed by atoms with E-state index in [4.69, 9.17) is 4.74 Å². The Hall–Kier alpha value is -3.59. The minimum Gasteiger partial charge on any atom is -0.465 e. The number of carbonyl (C=O) groups is 1. The molecule has 8 nitrogen and oxygen atoms in total. The summed E-state index contributed by atoms with van der Waals surface area (Å²) in [6, 6.07) is 12.8. The number of nitrogens with zero attached hydrogens (tertiary/aromatic N) is 3. The van der Waals surface area contributed by atoms with Crippen LogP contribution in [-0.2, 0) is 4.79 Å². The topological polar surface area (TPSA) is 104 Å². The zero-order valence-corrected chi connectivity index (χ0v) is 17.5. The Morgan fingerprint density at radius 2 is 1.97 bits per heavy atom. The fourth-order valence-electron chi connectivity index (χ4n) is 4.40. The maximum absolute atomic E-state index is 13.4. The van der Waals surface area contributed by atoms with Crippen LogP contribution in [0.4, 0.5) is 5.69 Å². The number of ketones is 1. The molecule has 0 saturated carbocycles. The third-order valence-corrected chi connectivity index (χ3v) is 6.70. The van der Waals surface area contributed by atoms with Crippen molar-refractivity contribution in [3.63, 3.8) is 0 Å². The van der Waals surface area contributed by atoms with E-state index in [1.165, 1.54) is 30.4 Å². The van der Waals surface area contributed by atoms with Gasteiger partial charge in [-0.05, 0) is 43.7 Å². The Bertz CT molecular complexity index is 1420. The molecule has 3 heterocycles. The highest BCUT2D eigenvalue weighted by Gasteiger charge is 2.53. The van der Waals surface area contributed by atoms with Gasteiger partial charge in [0.1, 0.15) is 17.5 Å². The van der Waals surface area contributed by atoms with Crippen molar-refractivity contribution in [2.75, 3.05) is 0 Å². The van der Waals surface area contributed by atoms with Crippen LogP contribution in [0.25, 0.3) is 6.08 Å². The second-order valence-corrected chi connectivity index (χ2v) is 8.77. The van der Waals surface area contributed by atoms with Gasteiger partial charge in [-0.1, -0.05) is 29.5 Å². The first-order valence-electron chi connectivity index (χ1n) is 9.64. The first kappa shape index (κ1) is 19.4. The summed E-state index contributed by atoms with van der Waals surface area (Å²) in [5.74, 6) is -0.120. The summed E-state index contributed by atoms with van der Waals surface area (Å²) in [4.78, 5) is 41.6. The maximum Gasteiger partial charge on any atom is 0.270 e. The van der Waals surface area contributed by atoms with Crippen LogP contribution in [0.15, 0.2) is 58.3 Å². The Morgan fingerprint density at radius 1 is 1.26 bits per heavy atom. The SMILES string of the molecule is CC(=O)[C@@H]1[C@H]2c3ccccc3O[C@]1(C)N=c1s/c(=C\c3ccc([N+](=O)[O-])cc3)c(=O)n12. The molecule has 5 rings (SSSR count). The van der Waals surface area contributed by atoms with Gasteiger partial charge in [0.05, 0.1) is 15.5 Å². The van der Waals surface area contributed by atoms with Crippen LogP contribution in [0.3, 0.4) is 0 Å². The third-order valence-electron chi connectivity index (χ3n) is 5.72. The summed E-state index contributed by atoms with van der Waals surface area (Å²) in [5.41, 5.74) is 0.0625. The number of para-hydroxylation sites is 1. The van der Waals surface area contributed by atoms with Crippen molar-refractivity contribution < 1.29 is 14.5 Å². The lowest BCUT2D eigenvalue weighted by atomic mass is 9.79. The monoisotopic (exact) mass is 435 g/mol. The van der Waals surface area contributed by atoms with Crippen molar-refractivity contribution >= 4 is 28.9 Å². The number of non-ortho nitro benzene ring substituents is 1. The highest BCUT2D eigenvalue weighted by molar-refractivity contribution is 7.07. The van der Waals surface area contributed by atoms with E-state index in [1.54, 1.807) is 29.7 Å². The first-order chi connectivity index (χ1) is 14.8. The summed E-state index contributed by atoms with van der Waals surface area (Å²) >= 11 is 1.21. The number of ether oxygens (including phenoxy) is 1. The number of fused-ring (bicyclic) bond motifs is 6. The third kappa shape index (κ3) is 2.92. The number of thiazole rings is 1. The zero-order valence-electron chi connectivity index (χ0n) is 16.6. The Kier molecular flexibility index (Phi) is 4.19. The number of hydrogen-bond acceptors (Lipinski definition) is 7. The van der Waals surface area contributed by atoms with Gasteiger partial charge in [0.15, 0.2) is 4.80 Å². The fraction of sp³-hybridized carbons (Fsp3) is 0.227. The standard InChI is InChI=1S/C22H17N3O5S/c1-12(26)18-19-15-5-3-4-6-16(15)30-22(18,2)23-21-24(19)20(27)17(31-21)11-13-7-9-14(10-8-13)25(28)29/h3-11,18-19H,1-2H3/b17-11-/t18-,19-,22+/m1/s1. The molecule has 0 aliphatic carbocycles. The summed E-state index contributed by atoms with van der Waals surface area (Å²) in [7, 11) is 0. The second-order valence-electron chi connectivity index (χ2n) is 7.76. The largest absolute Gasteiger partial charge is 0.465 e. The summed E-state index contributed by atoms with van der Waals surface area (Å²) in [6.07, 6.45) is 1.68. The van der Waals surface area contributed by atoms with Gasteiger partial charge in [-0.2, -0.15) is 0 Å². The first-order valence-corrected chi connectivity index (χ1v) is 10.5. The van der Waals surface area contributed by atoms with E-state index < -0.39 is 22.6 Å². The van der Waals surface area contributed by atoms with Crippen LogP contribution in [0.1, 0.15) is 31.0 Å². The molecule has 9 heteroatoms. The second kappa shape index (κ2) is 6.71. The van der Waals surface area contributed by atoms with E-state index in [-0.39, 0.29) is 17.0 Å². The minimum atomic E-state index is -1.10. The molecule has 2 bridgehead atoms. The molecule has 0 saturated heterocycles. The molecule has 3 atom stereocenters. The number of hydrogen-bond donors (Lipinski definition) is 0. The van der Waals surface area contributed by atoms with Crippen molar-refractivity contribution in [2.45, 2.75) is 25.6 Å². The average Bonchev–Trinajstić information content (AvgIpc) is 3.01. The molecule has 0 amide bonds. The number of aromatic nitrogens is 1. The Balaban J connectivity index is 1.74. The van der Waals surface area contributed by atoms with Crippen molar-refractivity contribution in [3.05, 3.63) is 89.5 Å². The number of nitro benzene ring substituents is 1. The lowest BCUT2D eigenvalue weighted by Crippen LogP contribution is -2.58. The summed E-state index contributed by atoms with van der Waals surface area (Å²) in [5, 5.41) is 10.9. The Labute approximate surface area is 179 Å². The van der Waals surface area contributed by atoms with E-state index in [2.05, 4.69) is 4.99 Å². The number of benzene rings is 2. The van der Waals surface area contributed by atoms with Crippen LogP contribution in [0.2, 0.25) is 0 Å². The molecule has 2 aromatic carbocycles.